The molecule has 1 fully saturated rings. The molecule has 0 aliphatic carbocycles. The van der Waals surface area contributed by atoms with Gasteiger partial charge in [0.25, 0.3) is 0 Å². The third-order valence-electron chi connectivity index (χ3n) is 4.10. The molecule has 1 aliphatic heterocycles. The minimum Gasteiger partial charge on any atom is -0.399 e. The molecule has 1 N–H and O–H groups in total. The van der Waals surface area contributed by atoms with E-state index in [1.165, 1.54) is 0 Å². The highest BCUT2D eigenvalue weighted by atomic mass is 16.7. The zero-order chi connectivity index (χ0) is 14.3. The first kappa shape index (κ1) is 14.1. The maximum absolute atomic E-state index is 10.6. The molecular formula is C14H20BNO3. The molecule has 0 unspecified atom stereocenters. The molecule has 0 bridgehead atoms. The van der Waals surface area contributed by atoms with Gasteiger partial charge in [-0.3, -0.25) is 4.79 Å². The predicted octanol–water partition coefficient (Wildman–Crippen LogP) is 1.86. The Balaban J connectivity index is 2.34. The quantitative estimate of drug-likeness (QED) is 0.667. The maximum atomic E-state index is 10.6. The Hall–Kier alpha value is -1.33. The van der Waals surface area contributed by atoms with Crippen LogP contribution in [-0.4, -0.2) is 24.7 Å². The third-order valence-corrected chi connectivity index (χ3v) is 4.10. The summed E-state index contributed by atoms with van der Waals surface area (Å²) in [4.78, 5) is 10.6. The van der Waals surface area contributed by atoms with E-state index in [-0.39, 0.29) is 11.2 Å². The van der Waals surface area contributed by atoms with E-state index in [9.17, 15) is 4.79 Å². The number of hydrogen-bond acceptors (Lipinski definition) is 3. The largest absolute Gasteiger partial charge is 0.495 e. The highest BCUT2D eigenvalue weighted by molar-refractivity contribution is 6.62. The smallest absolute Gasteiger partial charge is 0.399 e. The van der Waals surface area contributed by atoms with Crippen molar-refractivity contribution in [3.05, 3.63) is 23.8 Å². The summed E-state index contributed by atoms with van der Waals surface area (Å²) in [7, 11) is -0.404. The Kier molecular flexibility index (Phi) is 3.45. The number of nitrogens with one attached hydrogen (secondary N) is 1. The Morgan fingerprint density at radius 2 is 1.74 bits per heavy atom. The summed E-state index contributed by atoms with van der Waals surface area (Å²) in [6.45, 7) is 10.0. The van der Waals surface area contributed by atoms with Crippen molar-refractivity contribution in [3.8, 4) is 0 Å². The van der Waals surface area contributed by atoms with Crippen molar-refractivity contribution < 1.29 is 14.1 Å². The normalized spacial score (nSPS) is 20.4. The number of rotatable bonds is 3. The molecular weight excluding hydrogens is 241 g/mol. The Morgan fingerprint density at radius 1 is 1.16 bits per heavy atom. The number of hydrogen-bond donors (Lipinski definition) is 1. The molecule has 1 heterocycles. The van der Waals surface area contributed by atoms with Gasteiger partial charge in [0.15, 0.2) is 0 Å². The lowest BCUT2D eigenvalue weighted by molar-refractivity contribution is -0.105. The second kappa shape index (κ2) is 4.65. The van der Waals surface area contributed by atoms with Crippen LogP contribution < -0.4 is 10.8 Å². The predicted molar refractivity (Wildman–Crippen MR) is 76.6 cm³/mol. The average Bonchev–Trinajstić information content (AvgIpc) is 2.51. The lowest BCUT2D eigenvalue weighted by Crippen LogP contribution is -2.41. The van der Waals surface area contributed by atoms with Gasteiger partial charge < -0.3 is 14.6 Å². The zero-order valence-electron chi connectivity index (χ0n) is 12.1. The first-order chi connectivity index (χ1) is 8.78. The molecule has 0 atom stereocenters. The van der Waals surface area contributed by atoms with Crippen molar-refractivity contribution in [3.63, 3.8) is 0 Å². The monoisotopic (exact) mass is 261 g/mol. The van der Waals surface area contributed by atoms with Gasteiger partial charge in [0.2, 0.25) is 6.41 Å². The van der Waals surface area contributed by atoms with Crippen molar-refractivity contribution in [2.45, 2.75) is 45.8 Å². The Bertz CT molecular complexity index is 483. The number of anilines is 1. The molecule has 1 aliphatic rings. The fraction of sp³-hybridized carbons (Fsp3) is 0.500. The van der Waals surface area contributed by atoms with Crippen LogP contribution in [0, 0.1) is 6.92 Å². The molecule has 0 saturated carbocycles. The van der Waals surface area contributed by atoms with Crippen molar-refractivity contribution in [2.24, 2.45) is 0 Å². The molecule has 4 nitrogen and oxygen atoms in total. The van der Waals surface area contributed by atoms with E-state index in [1.807, 2.05) is 52.8 Å². The van der Waals surface area contributed by atoms with Crippen LogP contribution in [0.3, 0.4) is 0 Å². The van der Waals surface area contributed by atoms with E-state index in [0.717, 1.165) is 16.7 Å². The van der Waals surface area contributed by atoms with Crippen LogP contribution in [0.5, 0.6) is 0 Å². The van der Waals surface area contributed by atoms with E-state index in [0.29, 0.717) is 6.41 Å². The first-order valence-corrected chi connectivity index (χ1v) is 6.44. The molecule has 1 aromatic carbocycles. The third kappa shape index (κ3) is 2.40. The van der Waals surface area contributed by atoms with Crippen molar-refractivity contribution >= 4 is 24.7 Å². The summed E-state index contributed by atoms with van der Waals surface area (Å²) in [6.07, 6.45) is 0.677. The van der Waals surface area contributed by atoms with E-state index in [4.69, 9.17) is 9.31 Å². The Morgan fingerprint density at radius 3 is 2.26 bits per heavy atom. The van der Waals surface area contributed by atoms with Crippen molar-refractivity contribution in [2.75, 3.05) is 5.32 Å². The van der Waals surface area contributed by atoms with Gasteiger partial charge in [-0.05, 0) is 51.7 Å². The molecule has 0 spiro atoms. The minimum atomic E-state index is -0.404. The Labute approximate surface area is 114 Å². The second-order valence-corrected chi connectivity index (χ2v) is 5.87. The highest BCUT2D eigenvalue weighted by Gasteiger charge is 2.52. The van der Waals surface area contributed by atoms with Crippen LogP contribution in [0.1, 0.15) is 33.3 Å². The fourth-order valence-corrected chi connectivity index (χ4v) is 2.10. The molecule has 0 aromatic heterocycles. The van der Waals surface area contributed by atoms with E-state index >= 15 is 0 Å². The molecule has 0 radical (unpaired) electrons. The summed E-state index contributed by atoms with van der Waals surface area (Å²) in [5.41, 5.74) is 1.97. The number of carbonyl (C=O) groups excluding carboxylic acids is 1. The van der Waals surface area contributed by atoms with Gasteiger partial charge in [-0.1, -0.05) is 12.1 Å². The van der Waals surface area contributed by atoms with Crippen molar-refractivity contribution in [1.82, 2.24) is 0 Å². The summed E-state index contributed by atoms with van der Waals surface area (Å²) in [5.74, 6) is 0. The van der Waals surface area contributed by atoms with Crippen LogP contribution >= 0.6 is 0 Å². The van der Waals surface area contributed by atoms with E-state index in [1.54, 1.807) is 0 Å². The zero-order valence-corrected chi connectivity index (χ0v) is 12.1. The molecule has 102 valence electrons. The lowest BCUT2D eigenvalue weighted by atomic mass is 9.76. The van der Waals surface area contributed by atoms with Gasteiger partial charge in [0, 0.05) is 5.69 Å². The number of benzene rings is 1. The molecule has 1 saturated heterocycles. The van der Waals surface area contributed by atoms with Crippen LogP contribution in [0.4, 0.5) is 5.69 Å². The first-order valence-electron chi connectivity index (χ1n) is 6.44. The van der Waals surface area contributed by atoms with Gasteiger partial charge in [0.1, 0.15) is 0 Å². The average molecular weight is 261 g/mol. The molecule has 2 rings (SSSR count). The summed E-state index contributed by atoms with van der Waals surface area (Å²) < 4.78 is 12.1. The molecule has 5 heteroatoms. The molecule has 1 amide bonds. The van der Waals surface area contributed by atoms with Crippen LogP contribution in [0.15, 0.2) is 18.2 Å². The van der Waals surface area contributed by atoms with Crippen LogP contribution in [0.2, 0.25) is 0 Å². The second-order valence-electron chi connectivity index (χ2n) is 5.87. The van der Waals surface area contributed by atoms with E-state index < -0.39 is 7.12 Å². The minimum absolute atomic E-state index is 0.363. The molecule has 1 aromatic rings. The summed E-state index contributed by atoms with van der Waals surface area (Å²) in [6, 6.07) is 5.71. The summed E-state index contributed by atoms with van der Waals surface area (Å²) >= 11 is 0. The van der Waals surface area contributed by atoms with Crippen molar-refractivity contribution in [1.29, 1.82) is 0 Å². The highest BCUT2D eigenvalue weighted by Crippen LogP contribution is 2.36. The maximum Gasteiger partial charge on any atom is 0.495 e. The van der Waals surface area contributed by atoms with Gasteiger partial charge in [0.05, 0.1) is 11.2 Å². The summed E-state index contributed by atoms with van der Waals surface area (Å²) in [5, 5.41) is 2.69. The van der Waals surface area contributed by atoms with Crippen LogP contribution in [-0.2, 0) is 14.1 Å². The van der Waals surface area contributed by atoms with Crippen LogP contribution in [0.25, 0.3) is 0 Å². The lowest BCUT2D eigenvalue weighted by Gasteiger charge is -2.32. The standard InChI is InChI=1S/C14H20BNO3/c1-10-11(7-6-8-12(10)16-9-17)15-18-13(2,3)14(4,5)19-15/h6-9H,1-5H3,(H,16,17). The van der Waals surface area contributed by atoms with Gasteiger partial charge in [-0.2, -0.15) is 0 Å². The van der Waals surface area contributed by atoms with Gasteiger partial charge in [-0.15, -0.1) is 0 Å². The number of carbonyl (C=O) groups is 1. The SMILES string of the molecule is Cc1c(NC=O)cccc1B1OC(C)(C)C(C)(C)O1. The molecule has 19 heavy (non-hydrogen) atoms. The fourth-order valence-electron chi connectivity index (χ4n) is 2.10. The van der Waals surface area contributed by atoms with Gasteiger partial charge in [-0.25, -0.2) is 0 Å². The topological polar surface area (TPSA) is 47.6 Å². The van der Waals surface area contributed by atoms with E-state index in [2.05, 4.69) is 5.32 Å². The van der Waals surface area contributed by atoms with Gasteiger partial charge >= 0.3 is 7.12 Å². The number of amides is 1.